The molecule has 14 heavy (non-hydrogen) atoms. The maximum atomic E-state index is 10.6. The SMILES string of the molecule is CCCCON(OCCCC)S(=O)[O-]. The first-order valence-electron chi connectivity index (χ1n) is 4.87. The normalized spacial score (nSPS) is 13.4. The minimum atomic E-state index is -2.47. The van der Waals surface area contributed by atoms with Gasteiger partial charge in [-0.05, 0) is 12.8 Å². The summed E-state index contributed by atoms with van der Waals surface area (Å²) < 4.78 is 21.7. The zero-order valence-electron chi connectivity index (χ0n) is 8.73. The van der Waals surface area contributed by atoms with Crippen molar-refractivity contribution < 1.29 is 18.4 Å². The van der Waals surface area contributed by atoms with Crippen LogP contribution in [-0.4, -0.2) is 26.6 Å². The summed E-state index contributed by atoms with van der Waals surface area (Å²) in [7, 11) is 0. The Bertz CT molecular complexity index is 146. The molecule has 0 fully saturated rings. The molecule has 0 bridgehead atoms. The maximum absolute atomic E-state index is 10.6. The van der Waals surface area contributed by atoms with E-state index in [1.165, 1.54) is 0 Å². The van der Waals surface area contributed by atoms with E-state index in [1.807, 2.05) is 13.8 Å². The van der Waals surface area contributed by atoms with Crippen LogP contribution in [0.5, 0.6) is 0 Å². The lowest BCUT2D eigenvalue weighted by Gasteiger charge is -2.21. The van der Waals surface area contributed by atoms with Crippen LogP contribution in [0.1, 0.15) is 39.5 Å². The average Bonchev–Trinajstić information content (AvgIpc) is 2.15. The molecular weight excluding hydrogens is 206 g/mol. The molecule has 0 aliphatic rings. The van der Waals surface area contributed by atoms with Gasteiger partial charge in [-0.3, -0.25) is 13.9 Å². The van der Waals surface area contributed by atoms with Crippen molar-refractivity contribution in [3.63, 3.8) is 0 Å². The van der Waals surface area contributed by atoms with Crippen LogP contribution in [0.3, 0.4) is 0 Å². The number of hydrogen-bond acceptors (Lipinski definition) is 4. The molecule has 6 heteroatoms. The Morgan fingerprint density at radius 1 is 1.14 bits per heavy atom. The predicted molar refractivity (Wildman–Crippen MR) is 52.5 cm³/mol. The van der Waals surface area contributed by atoms with Gasteiger partial charge in [0, 0.05) is 4.63 Å². The zero-order valence-corrected chi connectivity index (χ0v) is 9.55. The molecule has 1 atom stereocenters. The summed E-state index contributed by atoms with van der Waals surface area (Å²) in [5, 5.41) is 0. The van der Waals surface area contributed by atoms with E-state index in [-0.39, 0.29) is 0 Å². The lowest BCUT2D eigenvalue weighted by molar-refractivity contribution is -0.302. The molecule has 0 radical (unpaired) electrons. The van der Waals surface area contributed by atoms with Crippen LogP contribution in [0, 0.1) is 0 Å². The highest BCUT2D eigenvalue weighted by molar-refractivity contribution is 7.76. The Hall–Kier alpha value is -0.0100. The van der Waals surface area contributed by atoms with E-state index < -0.39 is 11.3 Å². The number of hydrogen-bond donors (Lipinski definition) is 0. The van der Waals surface area contributed by atoms with Crippen LogP contribution in [0.15, 0.2) is 0 Å². The minimum absolute atomic E-state index is 0.358. The molecular formula is C8H18NO4S-. The zero-order chi connectivity index (χ0) is 10.8. The van der Waals surface area contributed by atoms with E-state index in [2.05, 4.69) is 0 Å². The summed E-state index contributed by atoms with van der Waals surface area (Å²) in [5.74, 6) is 0. The maximum Gasteiger partial charge on any atom is 0.0752 e. The van der Waals surface area contributed by atoms with Gasteiger partial charge in [-0.15, -0.1) is 0 Å². The van der Waals surface area contributed by atoms with Crippen molar-refractivity contribution >= 4 is 11.3 Å². The molecule has 0 saturated carbocycles. The molecule has 0 heterocycles. The third-order valence-corrected chi connectivity index (χ3v) is 1.97. The molecule has 0 N–H and O–H groups in total. The second-order valence-corrected chi connectivity index (χ2v) is 3.55. The molecule has 0 saturated heterocycles. The van der Waals surface area contributed by atoms with Gasteiger partial charge in [-0.1, -0.05) is 26.7 Å². The van der Waals surface area contributed by atoms with E-state index in [1.54, 1.807) is 0 Å². The van der Waals surface area contributed by atoms with Crippen LogP contribution in [-0.2, 0) is 20.9 Å². The van der Waals surface area contributed by atoms with Crippen molar-refractivity contribution in [2.24, 2.45) is 0 Å². The fourth-order valence-electron chi connectivity index (χ4n) is 0.690. The van der Waals surface area contributed by atoms with E-state index in [4.69, 9.17) is 9.68 Å². The lowest BCUT2D eigenvalue weighted by atomic mass is 10.4. The highest BCUT2D eigenvalue weighted by Crippen LogP contribution is 2.00. The highest BCUT2D eigenvalue weighted by atomic mass is 32.2. The third-order valence-electron chi connectivity index (χ3n) is 1.51. The van der Waals surface area contributed by atoms with E-state index in [0.29, 0.717) is 17.8 Å². The van der Waals surface area contributed by atoms with Crippen LogP contribution in [0.2, 0.25) is 0 Å². The van der Waals surface area contributed by atoms with Crippen molar-refractivity contribution in [3.05, 3.63) is 0 Å². The molecule has 0 amide bonds. The van der Waals surface area contributed by atoms with Crippen LogP contribution in [0.25, 0.3) is 0 Å². The topological polar surface area (TPSA) is 61.8 Å². The van der Waals surface area contributed by atoms with E-state index in [9.17, 15) is 8.76 Å². The molecule has 0 aromatic rings. The van der Waals surface area contributed by atoms with Gasteiger partial charge in [-0.2, -0.15) is 0 Å². The predicted octanol–water partition coefficient (Wildman–Crippen LogP) is 1.55. The quantitative estimate of drug-likeness (QED) is 0.338. The van der Waals surface area contributed by atoms with Gasteiger partial charge >= 0.3 is 0 Å². The smallest absolute Gasteiger partial charge is 0.0752 e. The molecule has 0 aromatic carbocycles. The molecule has 0 spiro atoms. The second-order valence-electron chi connectivity index (χ2n) is 2.81. The number of nitrogens with zero attached hydrogens (tertiary/aromatic N) is 1. The van der Waals surface area contributed by atoms with E-state index >= 15 is 0 Å². The third kappa shape index (κ3) is 7.40. The Morgan fingerprint density at radius 3 is 1.86 bits per heavy atom. The molecule has 86 valence electrons. The fraction of sp³-hybridized carbons (Fsp3) is 1.00. The van der Waals surface area contributed by atoms with Gasteiger partial charge in [-0.25, -0.2) is 0 Å². The number of rotatable bonds is 9. The van der Waals surface area contributed by atoms with Gasteiger partial charge in [0.15, 0.2) is 0 Å². The van der Waals surface area contributed by atoms with Crippen LogP contribution < -0.4 is 0 Å². The van der Waals surface area contributed by atoms with Gasteiger partial charge < -0.3 is 4.55 Å². The number of unbranched alkanes of at least 4 members (excludes halogenated alkanes) is 2. The van der Waals surface area contributed by atoms with Gasteiger partial charge in [0.05, 0.1) is 24.5 Å². The first kappa shape index (κ1) is 14.0. The monoisotopic (exact) mass is 224 g/mol. The summed E-state index contributed by atoms with van der Waals surface area (Å²) in [6.45, 7) is 4.72. The molecule has 5 nitrogen and oxygen atoms in total. The Labute approximate surface area is 87.7 Å². The summed E-state index contributed by atoms with van der Waals surface area (Å²) in [5.41, 5.74) is 0. The van der Waals surface area contributed by atoms with Crippen molar-refractivity contribution in [2.75, 3.05) is 13.2 Å². The van der Waals surface area contributed by atoms with E-state index in [0.717, 1.165) is 25.7 Å². The molecule has 0 aliphatic heterocycles. The summed E-state index contributed by atoms with van der Waals surface area (Å²) in [6, 6.07) is 0. The standard InChI is InChI=1S/C8H19NO4S/c1-3-5-7-12-9(14(10)11)13-8-6-4-2/h3-8H2,1-2H3,(H,10,11)/p-1. The molecule has 0 rings (SSSR count). The van der Waals surface area contributed by atoms with Gasteiger partial charge in [0.1, 0.15) is 0 Å². The minimum Gasteiger partial charge on any atom is -0.756 e. The van der Waals surface area contributed by atoms with Crippen molar-refractivity contribution in [1.29, 1.82) is 0 Å². The van der Waals surface area contributed by atoms with Crippen LogP contribution >= 0.6 is 0 Å². The summed E-state index contributed by atoms with van der Waals surface area (Å²) >= 11 is -2.47. The molecule has 0 aromatic heterocycles. The Balaban J connectivity index is 3.61. The average molecular weight is 224 g/mol. The largest absolute Gasteiger partial charge is 0.756 e. The first-order valence-corrected chi connectivity index (χ1v) is 5.90. The van der Waals surface area contributed by atoms with Gasteiger partial charge in [0.2, 0.25) is 0 Å². The van der Waals surface area contributed by atoms with Crippen molar-refractivity contribution in [3.8, 4) is 0 Å². The molecule has 1 unspecified atom stereocenters. The Morgan fingerprint density at radius 2 is 1.57 bits per heavy atom. The van der Waals surface area contributed by atoms with Crippen molar-refractivity contribution in [2.45, 2.75) is 39.5 Å². The first-order chi connectivity index (χ1) is 6.72. The highest BCUT2D eigenvalue weighted by Gasteiger charge is 2.05. The Kier molecular flexibility index (Phi) is 9.53. The van der Waals surface area contributed by atoms with Crippen molar-refractivity contribution in [1.82, 2.24) is 4.63 Å². The summed E-state index contributed by atoms with van der Waals surface area (Å²) in [6.07, 6.45) is 3.53. The summed E-state index contributed by atoms with van der Waals surface area (Å²) in [4.78, 5) is 9.78. The second kappa shape index (κ2) is 9.54. The molecule has 0 aliphatic carbocycles. The van der Waals surface area contributed by atoms with Crippen LogP contribution in [0.4, 0.5) is 0 Å². The lowest BCUT2D eigenvalue weighted by Crippen LogP contribution is -2.27. The fourth-order valence-corrected chi connectivity index (χ4v) is 1.01. The van der Waals surface area contributed by atoms with Gasteiger partial charge in [0.25, 0.3) is 0 Å².